The Hall–Kier alpha value is -3.60. The molecule has 0 bridgehead atoms. The van der Waals surface area contributed by atoms with E-state index in [0.717, 1.165) is 0 Å². The molecule has 11 heteroatoms. The Kier molecular flexibility index (Phi) is 5.51. The lowest BCUT2D eigenvalue weighted by Gasteiger charge is -2.09. The third-order valence-corrected chi connectivity index (χ3v) is 5.21. The number of aryl methyl sites for hydroxylation is 2. The van der Waals surface area contributed by atoms with Crippen molar-refractivity contribution in [2.45, 2.75) is 19.9 Å². The molecule has 4 aromatic rings. The number of hydrogen-bond donors (Lipinski definition) is 2. The van der Waals surface area contributed by atoms with Crippen molar-refractivity contribution in [2.24, 2.45) is 7.05 Å². The summed E-state index contributed by atoms with van der Waals surface area (Å²) in [6.07, 6.45) is 1.95. The van der Waals surface area contributed by atoms with E-state index in [4.69, 9.17) is 0 Å². The van der Waals surface area contributed by atoms with E-state index in [1.165, 1.54) is 21.6 Å². The number of rotatable bonds is 5. The zero-order chi connectivity index (χ0) is 22.1. The number of carbonyl (C=O) groups excluding carboxylic acids is 1. The van der Waals surface area contributed by atoms with Gasteiger partial charge in [-0.05, 0) is 34.5 Å². The van der Waals surface area contributed by atoms with Crippen LogP contribution in [0.15, 0.2) is 50.9 Å². The summed E-state index contributed by atoms with van der Waals surface area (Å²) < 4.78 is 3.08. The number of benzene rings is 1. The summed E-state index contributed by atoms with van der Waals surface area (Å²) in [5.74, 6) is 0.0249. The van der Waals surface area contributed by atoms with E-state index in [0.29, 0.717) is 44.8 Å². The van der Waals surface area contributed by atoms with Crippen molar-refractivity contribution < 1.29 is 4.79 Å². The van der Waals surface area contributed by atoms with E-state index in [2.05, 4.69) is 41.3 Å². The third-order valence-electron chi connectivity index (χ3n) is 4.66. The second kappa shape index (κ2) is 8.26. The van der Waals surface area contributed by atoms with Crippen LogP contribution in [0.25, 0.3) is 22.4 Å². The van der Waals surface area contributed by atoms with Crippen LogP contribution in [0.4, 0.5) is 5.69 Å². The van der Waals surface area contributed by atoms with Crippen molar-refractivity contribution >= 4 is 38.6 Å². The number of anilines is 1. The molecule has 0 spiro atoms. The van der Waals surface area contributed by atoms with Crippen LogP contribution in [-0.2, 0) is 24.8 Å². The van der Waals surface area contributed by atoms with Gasteiger partial charge in [0, 0.05) is 30.1 Å². The van der Waals surface area contributed by atoms with Crippen molar-refractivity contribution in [1.82, 2.24) is 29.3 Å². The van der Waals surface area contributed by atoms with Crippen LogP contribution in [0.5, 0.6) is 0 Å². The van der Waals surface area contributed by atoms with Crippen molar-refractivity contribution in [1.29, 1.82) is 0 Å². The van der Waals surface area contributed by atoms with Crippen LogP contribution in [0.1, 0.15) is 12.6 Å². The first-order valence-corrected chi connectivity index (χ1v) is 10.2. The van der Waals surface area contributed by atoms with E-state index in [1.807, 2.05) is 6.92 Å². The Morgan fingerprint density at radius 1 is 1.26 bits per heavy atom. The van der Waals surface area contributed by atoms with Gasteiger partial charge in [0.15, 0.2) is 5.65 Å². The molecule has 10 nitrogen and oxygen atoms in total. The molecule has 4 rings (SSSR count). The summed E-state index contributed by atoms with van der Waals surface area (Å²) in [6, 6.07) is 8.41. The highest BCUT2D eigenvalue weighted by Gasteiger charge is 2.15. The molecule has 0 aliphatic rings. The fraction of sp³-hybridized carbons (Fsp3) is 0.200. The topological polar surface area (TPSA) is 128 Å². The number of amides is 1. The zero-order valence-corrected chi connectivity index (χ0v) is 18.3. The van der Waals surface area contributed by atoms with Gasteiger partial charge < -0.3 is 10.3 Å². The summed E-state index contributed by atoms with van der Waals surface area (Å²) in [4.78, 5) is 48.4. The number of aromatic nitrogens is 6. The van der Waals surface area contributed by atoms with Crippen LogP contribution in [0.2, 0.25) is 0 Å². The Morgan fingerprint density at radius 2 is 2.06 bits per heavy atom. The first kappa shape index (κ1) is 20.7. The van der Waals surface area contributed by atoms with Gasteiger partial charge in [-0.25, -0.2) is 14.6 Å². The minimum atomic E-state index is -0.399. The normalized spacial score (nSPS) is 11.1. The molecule has 2 N–H and O–H groups in total. The van der Waals surface area contributed by atoms with Crippen LogP contribution in [0.3, 0.4) is 0 Å². The second-order valence-electron chi connectivity index (χ2n) is 6.86. The van der Waals surface area contributed by atoms with Crippen LogP contribution < -0.4 is 16.4 Å². The van der Waals surface area contributed by atoms with Crippen LogP contribution in [-0.4, -0.2) is 35.2 Å². The van der Waals surface area contributed by atoms with Gasteiger partial charge in [0.05, 0.1) is 0 Å². The molecule has 1 amide bonds. The molecule has 0 aliphatic heterocycles. The third kappa shape index (κ3) is 4.17. The number of halogens is 1. The Balaban J connectivity index is 1.57. The van der Waals surface area contributed by atoms with Crippen molar-refractivity contribution in [3.63, 3.8) is 0 Å². The average Bonchev–Trinajstić information content (AvgIpc) is 3.03. The first-order valence-electron chi connectivity index (χ1n) is 9.44. The summed E-state index contributed by atoms with van der Waals surface area (Å²) >= 11 is 3.25. The van der Waals surface area contributed by atoms with E-state index >= 15 is 0 Å². The lowest BCUT2D eigenvalue weighted by atomic mass is 10.1. The fourth-order valence-electron chi connectivity index (χ4n) is 3.17. The number of nitrogens with one attached hydrogen (secondary N) is 2. The average molecular weight is 484 g/mol. The van der Waals surface area contributed by atoms with Crippen molar-refractivity contribution in [3.8, 4) is 11.4 Å². The molecule has 1 aromatic carbocycles. The van der Waals surface area contributed by atoms with Crippen LogP contribution >= 0.6 is 15.9 Å². The Morgan fingerprint density at radius 3 is 2.84 bits per heavy atom. The molecule has 0 radical (unpaired) electrons. The molecule has 158 valence electrons. The minimum absolute atomic E-state index is 0.215. The summed E-state index contributed by atoms with van der Waals surface area (Å²) in [5, 5.41) is 7.19. The largest absolute Gasteiger partial charge is 0.325 e. The first-order chi connectivity index (χ1) is 14.9. The van der Waals surface area contributed by atoms with Gasteiger partial charge in [-0.15, -0.1) is 0 Å². The maximum atomic E-state index is 12.7. The number of carbonyl (C=O) groups is 1. The number of nitrogens with zero attached hydrogens (tertiary/aromatic N) is 5. The van der Waals surface area contributed by atoms with Crippen LogP contribution in [0, 0.1) is 0 Å². The lowest BCUT2D eigenvalue weighted by Crippen LogP contribution is -2.28. The number of aromatic amines is 1. The van der Waals surface area contributed by atoms with Gasteiger partial charge in [-0.3, -0.25) is 19.0 Å². The van der Waals surface area contributed by atoms with E-state index in [1.54, 1.807) is 31.3 Å². The van der Waals surface area contributed by atoms with Crippen molar-refractivity contribution in [2.75, 3.05) is 5.32 Å². The Labute approximate surface area is 184 Å². The predicted octanol–water partition coefficient (Wildman–Crippen LogP) is 1.84. The molecular weight excluding hydrogens is 466 g/mol. The van der Waals surface area contributed by atoms with Gasteiger partial charge in [-0.1, -0.05) is 19.1 Å². The number of H-pyrrole nitrogens is 1. The molecule has 0 saturated carbocycles. The van der Waals surface area contributed by atoms with Gasteiger partial charge in [0.25, 0.3) is 11.1 Å². The molecular formula is C20H18BrN7O3. The van der Waals surface area contributed by atoms with Gasteiger partial charge in [-0.2, -0.15) is 5.10 Å². The monoisotopic (exact) mass is 483 g/mol. The molecule has 3 heterocycles. The fourth-order valence-corrected chi connectivity index (χ4v) is 3.76. The molecule has 0 saturated heterocycles. The molecule has 0 atom stereocenters. The van der Waals surface area contributed by atoms with E-state index in [9.17, 15) is 14.4 Å². The highest BCUT2D eigenvalue weighted by atomic mass is 79.9. The van der Waals surface area contributed by atoms with E-state index < -0.39 is 5.91 Å². The summed E-state index contributed by atoms with van der Waals surface area (Å²) in [7, 11) is 1.68. The minimum Gasteiger partial charge on any atom is -0.325 e. The molecule has 0 fully saturated rings. The molecule has 3 aromatic heterocycles. The van der Waals surface area contributed by atoms with Gasteiger partial charge in [0.1, 0.15) is 28.7 Å². The van der Waals surface area contributed by atoms with Crippen molar-refractivity contribution in [3.05, 3.63) is 67.7 Å². The van der Waals surface area contributed by atoms with Gasteiger partial charge in [0.2, 0.25) is 5.91 Å². The quantitative estimate of drug-likeness (QED) is 0.445. The highest BCUT2D eigenvalue weighted by molar-refractivity contribution is 9.10. The maximum absolute atomic E-state index is 12.7. The molecule has 0 unspecified atom stereocenters. The maximum Gasteiger partial charge on any atom is 0.266 e. The predicted molar refractivity (Wildman–Crippen MR) is 119 cm³/mol. The zero-order valence-electron chi connectivity index (χ0n) is 16.7. The number of hydrogen-bond acceptors (Lipinski definition) is 6. The Bertz CT molecular complexity index is 1420. The van der Waals surface area contributed by atoms with Gasteiger partial charge >= 0.3 is 0 Å². The molecule has 31 heavy (non-hydrogen) atoms. The standard InChI is InChI=1S/C20H18BrN7O3/c1-3-12-8-14(29)25-18(24-12)11-5-4-6-13(7-11)23-15(30)9-28-10-22-19-16(20(28)31)17(21)26-27(19)2/h4-8,10H,3,9H2,1-2H3,(H,23,30)(H,24,25,29). The molecule has 0 aliphatic carbocycles. The van der Waals surface area contributed by atoms with E-state index in [-0.39, 0.29) is 17.7 Å². The lowest BCUT2D eigenvalue weighted by molar-refractivity contribution is -0.116. The highest BCUT2D eigenvalue weighted by Crippen LogP contribution is 2.19. The smallest absolute Gasteiger partial charge is 0.266 e. The summed E-state index contributed by atoms with van der Waals surface area (Å²) in [6.45, 7) is 1.70. The summed E-state index contributed by atoms with van der Waals surface area (Å²) in [5.41, 5.74) is 1.67. The second-order valence-corrected chi connectivity index (χ2v) is 7.61. The SMILES string of the molecule is CCc1cc(=O)[nH]c(-c2cccc(NC(=O)Cn3cnc4c(c(Br)nn4C)c3=O)c2)n1. The number of fused-ring (bicyclic) bond motifs is 1.